The van der Waals surface area contributed by atoms with Crippen LogP contribution in [0.2, 0.25) is 0 Å². The van der Waals surface area contributed by atoms with Crippen molar-refractivity contribution in [3.05, 3.63) is 54.4 Å². The van der Waals surface area contributed by atoms with Crippen molar-refractivity contribution in [1.82, 2.24) is 20.6 Å². The van der Waals surface area contributed by atoms with Gasteiger partial charge in [0.1, 0.15) is 0 Å². The highest BCUT2D eigenvalue weighted by Gasteiger charge is 2.21. The second-order valence-electron chi connectivity index (χ2n) is 6.71. The molecule has 6 heteroatoms. The van der Waals surface area contributed by atoms with E-state index in [1.165, 1.54) is 5.56 Å². The van der Waals surface area contributed by atoms with Gasteiger partial charge in [0.15, 0.2) is 0 Å². The average Bonchev–Trinajstić information content (AvgIpc) is 2.71. The summed E-state index contributed by atoms with van der Waals surface area (Å²) in [5.41, 5.74) is 1.31. The highest BCUT2D eigenvalue weighted by Crippen LogP contribution is 2.19. The van der Waals surface area contributed by atoms with Crippen LogP contribution >= 0.6 is 0 Å². The Morgan fingerprint density at radius 3 is 2.50 bits per heavy atom. The quantitative estimate of drug-likeness (QED) is 0.751. The molecule has 1 fully saturated rings. The molecular formula is C20H27N5O. The molecular weight excluding hydrogens is 326 g/mol. The molecule has 2 heterocycles. The molecule has 1 aliphatic heterocycles. The number of aromatic nitrogens is 2. The summed E-state index contributed by atoms with van der Waals surface area (Å²) in [6, 6.07) is 12.1. The number of benzene rings is 1. The largest absolute Gasteiger partial charge is 0.341 e. The summed E-state index contributed by atoms with van der Waals surface area (Å²) in [5, 5.41) is 5.95. The molecule has 3 rings (SSSR count). The van der Waals surface area contributed by atoms with Gasteiger partial charge in [-0.05, 0) is 43.2 Å². The predicted octanol–water partition coefficient (Wildman–Crippen LogP) is 2.63. The second-order valence-corrected chi connectivity index (χ2v) is 6.71. The highest BCUT2D eigenvalue weighted by molar-refractivity contribution is 5.73. The van der Waals surface area contributed by atoms with Crippen molar-refractivity contribution < 1.29 is 4.79 Å². The Hall–Kier alpha value is -2.63. The molecule has 0 atom stereocenters. The molecule has 0 aliphatic carbocycles. The summed E-state index contributed by atoms with van der Waals surface area (Å²) in [6.07, 6.45) is 7.59. The van der Waals surface area contributed by atoms with Gasteiger partial charge in [-0.2, -0.15) is 0 Å². The summed E-state index contributed by atoms with van der Waals surface area (Å²) in [7, 11) is 0. The zero-order chi connectivity index (χ0) is 18.0. The molecule has 1 aromatic carbocycles. The lowest BCUT2D eigenvalue weighted by atomic mass is 9.97. The monoisotopic (exact) mass is 353 g/mol. The van der Waals surface area contributed by atoms with Crippen molar-refractivity contribution in [3.8, 4) is 0 Å². The number of hydrogen-bond acceptors (Lipinski definition) is 4. The first-order valence-corrected chi connectivity index (χ1v) is 9.39. The molecule has 2 aromatic rings. The Labute approximate surface area is 155 Å². The molecule has 2 amide bonds. The van der Waals surface area contributed by atoms with Gasteiger partial charge in [0.2, 0.25) is 5.95 Å². The van der Waals surface area contributed by atoms with Crippen molar-refractivity contribution >= 4 is 12.0 Å². The number of piperidine rings is 1. The van der Waals surface area contributed by atoms with Crippen molar-refractivity contribution in [3.63, 3.8) is 0 Å². The van der Waals surface area contributed by atoms with E-state index in [1.54, 1.807) is 12.4 Å². The number of nitrogens with one attached hydrogen (secondary N) is 2. The summed E-state index contributed by atoms with van der Waals surface area (Å²) in [4.78, 5) is 22.7. The minimum Gasteiger partial charge on any atom is -0.341 e. The van der Waals surface area contributed by atoms with Crippen molar-refractivity contribution in [2.75, 3.05) is 31.1 Å². The molecule has 6 nitrogen and oxygen atoms in total. The number of urea groups is 1. The van der Waals surface area contributed by atoms with E-state index in [0.717, 1.165) is 51.3 Å². The van der Waals surface area contributed by atoms with E-state index in [1.807, 2.05) is 24.3 Å². The Balaban J connectivity index is 1.27. The van der Waals surface area contributed by atoms with E-state index < -0.39 is 0 Å². The van der Waals surface area contributed by atoms with Crippen LogP contribution in [0, 0.1) is 5.92 Å². The molecule has 138 valence electrons. The standard InChI is InChI=1S/C20H27N5O/c26-20(23-11-4-8-17-6-2-1-3-7-17)24-16-18-9-14-25(15-10-18)19-21-12-5-13-22-19/h1-3,5-7,12-13,18H,4,8-11,14-16H2,(H2,23,24,26). The van der Waals surface area contributed by atoms with Crippen molar-refractivity contribution in [2.24, 2.45) is 5.92 Å². The van der Waals surface area contributed by atoms with Gasteiger partial charge in [-0.3, -0.25) is 0 Å². The summed E-state index contributed by atoms with van der Waals surface area (Å²) >= 11 is 0. The van der Waals surface area contributed by atoms with E-state index in [0.29, 0.717) is 12.5 Å². The maximum Gasteiger partial charge on any atom is 0.314 e. The Bertz CT molecular complexity index is 656. The van der Waals surface area contributed by atoms with E-state index in [4.69, 9.17) is 0 Å². The summed E-state index contributed by atoms with van der Waals surface area (Å²) in [6.45, 7) is 3.31. The fourth-order valence-electron chi connectivity index (χ4n) is 3.23. The maximum absolute atomic E-state index is 11.9. The fourth-order valence-corrected chi connectivity index (χ4v) is 3.23. The number of nitrogens with zero attached hydrogens (tertiary/aromatic N) is 3. The van der Waals surface area contributed by atoms with Crippen LogP contribution in [0.5, 0.6) is 0 Å². The number of amides is 2. The van der Waals surface area contributed by atoms with Gasteiger partial charge in [-0.25, -0.2) is 14.8 Å². The van der Waals surface area contributed by atoms with Gasteiger partial charge in [0, 0.05) is 38.6 Å². The van der Waals surface area contributed by atoms with Gasteiger partial charge in [0.05, 0.1) is 0 Å². The van der Waals surface area contributed by atoms with Crippen molar-refractivity contribution in [1.29, 1.82) is 0 Å². The molecule has 0 unspecified atom stereocenters. The molecule has 1 aliphatic rings. The molecule has 1 saturated heterocycles. The summed E-state index contributed by atoms with van der Waals surface area (Å²) in [5.74, 6) is 1.32. The van der Waals surface area contributed by atoms with Gasteiger partial charge < -0.3 is 15.5 Å². The third-order valence-corrected chi connectivity index (χ3v) is 4.77. The average molecular weight is 353 g/mol. The third-order valence-electron chi connectivity index (χ3n) is 4.77. The predicted molar refractivity (Wildman–Crippen MR) is 103 cm³/mol. The number of carbonyl (C=O) groups is 1. The smallest absolute Gasteiger partial charge is 0.314 e. The van der Waals surface area contributed by atoms with Crippen LogP contribution in [0.25, 0.3) is 0 Å². The van der Waals surface area contributed by atoms with Crippen LogP contribution in [-0.2, 0) is 6.42 Å². The van der Waals surface area contributed by atoms with Crippen LogP contribution in [-0.4, -0.2) is 42.2 Å². The van der Waals surface area contributed by atoms with Gasteiger partial charge in [-0.15, -0.1) is 0 Å². The highest BCUT2D eigenvalue weighted by atomic mass is 16.2. The number of hydrogen-bond donors (Lipinski definition) is 2. The Kier molecular flexibility index (Phi) is 6.81. The zero-order valence-corrected chi connectivity index (χ0v) is 15.1. The van der Waals surface area contributed by atoms with Crippen molar-refractivity contribution in [2.45, 2.75) is 25.7 Å². The van der Waals surface area contributed by atoms with E-state index in [9.17, 15) is 4.79 Å². The molecule has 1 aromatic heterocycles. The lowest BCUT2D eigenvalue weighted by molar-refractivity contribution is 0.237. The van der Waals surface area contributed by atoms with Crippen LogP contribution in [0.3, 0.4) is 0 Å². The number of rotatable bonds is 7. The first-order valence-electron chi connectivity index (χ1n) is 9.39. The van der Waals surface area contributed by atoms with E-state index >= 15 is 0 Å². The van der Waals surface area contributed by atoms with Crippen LogP contribution in [0.1, 0.15) is 24.8 Å². The molecule has 26 heavy (non-hydrogen) atoms. The second kappa shape index (κ2) is 9.75. The maximum atomic E-state index is 11.9. The molecule has 2 N–H and O–H groups in total. The molecule has 0 spiro atoms. The van der Waals surface area contributed by atoms with Gasteiger partial charge >= 0.3 is 6.03 Å². The van der Waals surface area contributed by atoms with Gasteiger partial charge in [-0.1, -0.05) is 30.3 Å². The van der Waals surface area contributed by atoms with Crippen LogP contribution in [0.15, 0.2) is 48.8 Å². The normalized spacial score (nSPS) is 14.8. The van der Waals surface area contributed by atoms with Gasteiger partial charge in [0.25, 0.3) is 0 Å². The molecule has 0 saturated carbocycles. The number of aryl methyl sites for hydroxylation is 1. The molecule has 0 bridgehead atoms. The van der Waals surface area contributed by atoms with E-state index in [-0.39, 0.29) is 6.03 Å². The lowest BCUT2D eigenvalue weighted by Crippen LogP contribution is -2.42. The Morgan fingerprint density at radius 2 is 1.77 bits per heavy atom. The minimum atomic E-state index is -0.0631. The Morgan fingerprint density at radius 1 is 1.04 bits per heavy atom. The number of anilines is 1. The first kappa shape index (κ1) is 18.2. The lowest BCUT2D eigenvalue weighted by Gasteiger charge is -2.31. The zero-order valence-electron chi connectivity index (χ0n) is 15.1. The summed E-state index contributed by atoms with van der Waals surface area (Å²) < 4.78 is 0. The molecule has 0 radical (unpaired) electrons. The van der Waals surface area contributed by atoms with Crippen LogP contribution in [0.4, 0.5) is 10.7 Å². The van der Waals surface area contributed by atoms with Crippen LogP contribution < -0.4 is 15.5 Å². The fraction of sp³-hybridized carbons (Fsp3) is 0.450. The SMILES string of the molecule is O=C(NCCCc1ccccc1)NCC1CCN(c2ncccn2)CC1. The number of carbonyl (C=O) groups excluding carboxylic acids is 1. The first-order chi connectivity index (χ1) is 12.8. The minimum absolute atomic E-state index is 0.0631. The third kappa shape index (κ3) is 5.72. The van der Waals surface area contributed by atoms with E-state index in [2.05, 4.69) is 37.6 Å². The topological polar surface area (TPSA) is 70.2 Å².